The number of hydrogen-bond donors (Lipinski definition) is 2. The zero-order valence-electron chi connectivity index (χ0n) is 10.1. The van der Waals surface area contributed by atoms with Crippen molar-refractivity contribution in [3.05, 3.63) is 10.9 Å². The number of fused-ring (bicyclic) bond motifs is 1. The van der Waals surface area contributed by atoms with Gasteiger partial charge in [-0.2, -0.15) is 4.98 Å². The maximum Gasteiger partial charge on any atom is 0.223 e. The first-order chi connectivity index (χ1) is 8.06. The van der Waals surface area contributed by atoms with Gasteiger partial charge >= 0.3 is 0 Å². The molecule has 0 unspecified atom stereocenters. The highest BCUT2D eigenvalue weighted by Gasteiger charge is 2.37. The standard InChI is InChI=1S/C12H16N4S/c1-7-5-8-9(14-6-12(2)3-4-12)15-11(13)16-10(8)17-7/h5H,3-4,6H2,1-2H3,(H3,13,14,15,16). The average molecular weight is 248 g/mol. The van der Waals surface area contributed by atoms with Crippen LogP contribution in [0.15, 0.2) is 6.07 Å². The SMILES string of the molecule is Cc1cc2c(NCC3(C)CC3)nc(N)nc2s1. The number of anilines is 2. The van der Waals surface area contributed by atoms with E-state index in [4.69, 9.17) is 5.73 Å². The van der Waals surface area contributed by atoms with Crippen LogP contribution in [0.4, 0.5) is 11.8 Å². The van der Waals surface area contributed by atoms with E-state index in [1.165, 1.54) is 17.7 Å². The third-order valence-corrected chi connectivity index (χ3v) is 4.26. The first-order valence-electron chi connectivity index (χ1n) is 5.83. The largest absolute Gasteiger partial charge is 0.369 e. The molecule has 0 saturated heterocycles. The second kappa shape index (κ2) is 3.57. The summed E-state index contributed by atoms with van der Waals surface area (Å²) in [6.07, 6.45) is 2.60. The topological polar surface area (TPSA) is 63.8 Å². The predicted molar refractivity (Wildman–Crippen MR) is 72.4 cm³/mol. The molecule has 0 amide bonds. The fraction of sp³-hybridized carbons (Fsp3) is 0.500. The lowest BCUT2D eigenvalue weighted by molar-refractivity contribution is 0.610. The quantitative estimate of drug-likeness (QED) is 0.876. The first kappa shape index (κ1) is 10.8. The van der Waals surface area contributed by atoms with Crippen molar-refractivity contribution in [3.8, 4) is 0 Å². The number of nitrogen functional groups attached to an aromatic ring is 1. The lowest BCUT2D eigenvalue weighted by Crippen LogP contribution is -2.13. The van der Waals surface area contributed by atoms with Crippen LogP contribution in [0, 0.1) is 12.3 Å². The molecule has 0 spiro atoms. The smallest absolute Gasteiger partial charge is 0.223 e. The summed E-state index contributed by atoms with van der Waals surface area (Å²) in [5.74, 6) is 1.23. The molecule has 4 nitrogen and oxygen atoms in total. The minimum Gasteiger partial charge on any atom is -0.369 e. The van der Waals surface area contributed by atoms with Crippen LogP contribution in [-0.2, 0) is 0 Å². The van der Waals surface area contributed by atoms with Crippen LogP contribution >= 0.6 is 11.3 Å². The normalized spacial score (nSPS) is 17.3. The molecule has 0 aliphatic heterocycles. The summed E-state index contributed by atoms with van der Waals surface area (Å²) < 4.78 is 0. The Labute approximate surface area is 104 Å². The summed E-state index contributed by atoms with van der Waals surface area (Å²) in [4.78, 5) is 10.8. The molecule has 1 aliphatic rings. The Kier molecular flexibility index (Phi) is 2.26. The van der Waals surface area contributed by atoms with Crippen molar-refractivity contribution in [2.75, 3.05) is 17.6 Å². The van der Waals surface area contributed by atoms with Crippen LogP contribution < -0.4 is 11.1 Å². The molecule has 90 valence electrons. The number of nitrogens with zero attached hydrogens (tertiary/aromatic N) is 2. The molecular weight excluding hydrogens is 232 g/mol. The van der Waals surface area contributed by atoms with Gasteiger partial charge in [0.15, 0.2) is 0 Å². The van der Waals surface area contributed by atoms with E-state index < -0.39 is 0 Å². The van der Waals surface area contributed by atoms with Crippen molar-refractivity contribution >= 4 is 33.3 Å². The number of aryl methyl sites for hydroxylation is 1. The molecule has 0 bridgehead atoms. The zero-order valence-corrected chi connectivity index (χ0v) is 10.9. The summed E-state index contributed by atoms with van der Waals surface area (Å²) in [5.41, 5.74) is 6.19. The van der Waals surface area contributed by atoms with Gasteiger partial charge in [-0.1, -0.05) is 6.92 Å². The molecule has 1 saturated carbocycles. The van der Waals surface area contributed by atoms with Gasteiger partial charge in [-0.15, -0.1) is 11.3 Å². The van der Waals surface area contributed by atoms with E-state index in [1.54, 1.807) is 11.3 Å². The first-order valence-corrected chi connectivity index (χ1v) is 6.65. The molecule has 1 aliphatic carbocycles. The van der Waals surface area contributed by atoms with Gasteiger partial charge in [0.25, 0.3) is 0 Å². The van der Waals surface area contributed by atoms with Crippen molar-refractivity contribution in [3.63, 3.8) is 0 Å². The summed E-state index contributed by atoms with van der Waals surface area (Å²) in [7, 11) is 0. The third-order valence-electron chi connectivity index (χ3n) is 3.32. The summed E-state index contributed by atoms with van der Waals surface area (Å²) in [6, 6.07) is 2.12. The van der Waals surface area contributed by atoms with Crippen LogP contribution in [0.25, 0.3) is 10.2 Å². The molecule has 0 aromatic carbocycles. The maximum atomic E-state index is 5.73. The molecule has 0 atom stereocenters. The minimum atomic E-state index is 0.350. The van der Waals surface area contributed by atoms with Crippen LogP contribution in [0.5, 0.6) is 0 Å². The Bertz CT molecular complexity index is 571. The lowest BCUT2D eigenvalue weighted by Gasteiger charge is -2.11. The predicted octanol–water partition coefficient (Wildman–Crippen LogP) is 2.79. The van der Waals surface area contributed by atoms with E-state index in [9.17, 15) is 0 Å². The monoisotopic (exact) mass is 248 g/mol. The van der Waals surface area contributed by atoms with Gasteiger partial charge in [-0.25, -0.2) is 4.98 Å². The Morgan fingerprint density at radius 1 is 1.47 bits per heavy atom. The number of nitrogens with two attached hydrogens (primary N) is 1. The average Bonchev–Trinajstić information content (AvgIpc) is 2.86. The van der Waals surface area contributed by atoms with Crippen LogP contribution in [0.1, 0.15) is 24.6 Å². The lowest BCUT2D eigenvalue weighted by atomic mass is 10.1. The van der Waals surface area contributed by atoms with Gasteiger partial charge in [-0.05, 0) is 31.2 Å². The van der Waals surface area contributed by atoms with Gasteiger partial charge in [0.1, 0.15) is 10.6 Å². The van der Waals surface area contributed by atoms with Gasteiger partial charge < -0.3 is 11.1 Å². The number of nitrogens with one attached hydrogen (secondary N) is 1. The van der Waals surface area contributed by atoms with Crippen LogP contribution in [-0.4, -0.2) is 16.5 Å². The van der Waals surface area contributed by atoms with Gasteiger partial charge in [0, 0.05) is 11.4 Å². The van der Waals surface area contributed by atoms with Crippen molar-refractivity contribution in [2.45, 2.75) is 26.7 Å². The Hall–Kier alpha value is -1.36. The van der Waals surface area contributed by atoms with Gasteiger partial charge in [-0.3, -0.25) is 0 Å². The molecule has 2 aromatic heterocycles. The number of hydrogen-bond acceptors (Lipinski definition) is 5. The molecule has 1 fully saturated rings. The highest BCUT2D eigenvalue weighted by Crippen LogP contribution is 2.45. The molecule has 3 rings (SSSR count). The van der Waals surface area contributed by atoms with E-state index in [2.05, 4.69) is 35.2 Å². The molecule has 0 radical (unpaired) electrons. The number of thiophene rings is 1. The van der Waals surface area contributed by atoms with E-state index in [0.29, 0.717) is 11.4 Å². The molecule has 3 N–H and O–H groups in total. The third kappa shape index (κ3) is 2.07. The fourth-order valence-corrected chi connectivity index (χ4v) is 2.77. The second-order valence-corrected chi connectivity index (χ2v) is 6.41. The number of rotatable bonds is 3. The zero-order chi connectivity index (χ0) is 12.0. The Morgan fingerprint density at radius 3 is 2.94 bits per heavy atom. The second-order valence-electron chi connectivity index (χ2n) is 5.17. The fourth-order valence-electron chi connectivity index (χ4n) is 1.88. The molecule has 17 heavy (non-hydrogen) atoms. The molecule has 2 heterocycles. The Balaban J connectivity index is 1.95. The van der Waals surface area contributed by atoms with E-state index in [1.807, 2.05) is 0 Å². The van der Waals surface area contributed by atoms with Gasteiger partial charge in [0.05, 0.1) is 5.39 Å². The summed E-state index contributed by atoms with van der Waals surface area (Å²) in [5, 5.41) is 4.51. The highest BCUT2D eigenvalue weighted by atomic mass is 32.1. The van der Waals surface area contributed by atoms with Crippen molar-refractivity contribution in [2.24, 2.45) is 5.41 Å². The van der Waals surface area contributed by atoms with Crippen LogP contribution in [0.3, 0.4) is 0 Å². The van der Waals surface area contributed by atoms with Crippen molar-refractivity contribution < 1.29 is 0 Å². The Morgan fingerprint density at radius 2 is 2.24 bits per heavy atom. The van der Waals surface area contributed by atoms with Crippen molar-refractivity contribution in [1.82, 2.24) is 9.97 Å². The van der Waals surface area contributed by atoms with E-state index in [0.717, 1.165) is 22.6 Å². The maximum absolute atomic E-state index is 5.73. The number of aromatic nitrogens is 2. The molecule has 2 aromatic rings. The van der Waals surface area contributed by atoms with Crippen molar-refractivity contribution in [1.29, 1.82) is 0 Å². The van der Waals surface area contributed by atoms with E-state index >= 15 is 0 Å². The summed E-state index contributed by atoms with van der Waals surface area (Å²) in [6.45, 7) is 5.34. The van der Waals surface area contributed by atoms with E-state index in [-0.39, 0.29) is 0 Å². The minimum absolute atomic E-state index is 0.350. The van der Waals surface area contributed by atoms with Crippen LogP contribution in [0.2, 0.25) is 0 Å². The molecular formula is C12H16N4S. The molecule has 5 heteroatoms. The van der Waals surface area contributed by atoms with Gasteiger partial charge in [0.2, 0.25) is 5.95 Å². The highest BCUT2D eigenvalue weighted by molar-refractivity contribution is 7.18. The summed E-state index contributed by atoms with van der Waals surface area (Å²) >= 11 is 1.66.